The standard InChI is InChI=1S/C18H24N2O3S2/c1-11(2)13-7-5-6-8-14(13)20-15-9-25(22,23)10-16(15)24-18(20)19-17(21)12(3)4/h5-8,11-12,15-16H,9-10H2,1-4H3. The molecule has 2 saturated heterocycles. The second kappa shape index (κ2) is 6.76. The molecule has 136 valence electrons. The molecule has 1 aromatic rings. The van der Waals surface area contributed by atoms with E-state index >= 15 is 0 Å². The average Bonchev–Trinajstić information content (AvgIpc) is 2.97. The summed E-state index contributed by atoms with van der Waals surface area (Å²) in [7, 11) is -3.05. The fraction of sp³-hybridized carbons (Fsp3) is 0.556. The highest BCUT2D eigenvalue weighted by atomic mass is 32.2. The van der Waals surface area contributed by atoms with E-state index in [-0.39, 0.29) is 34.6 Å². The lowest BCUT2D eigenvalue weighted by atomic mass is 9.99. The minimum Gasteiger partial charge on any atom is -0.315 e. The van der Waals surface area contributed by atoms with Crippen molar-refractivity contribution in [3.8, 4) is 0 Å². The molecule has 0 N–H and O–H groups in total. The molecule has 0 radical (unpaired) electrons. The molecule has 25 heavy (non-hydrogen) atoms. The van der Waals surface area contributed by atoms with Gasteiger partial charge in [0, 0.05) is 16.9 Å². The van der Waals surface area contributed by atoms with Gasteiger partial charge in [0.2, 0.25) is 0 Å². The van der Waals surface area contributed by atoms with Gasteiger partial charge in [0.1, 0.15) is 0 Å². The molecular weight excluding hydrogens is 356 g/mol. The molecule has 0 aromatic heterocycles. The Morgan fingerprint density at radius 3 is 2.52 bits per heavy atom. The molecule has 2 heterocycles. The van der Waals surface area contributed by atoms with E-state index in [4.69, 9.17) is 0 Å². The zero-order valence-corrected chi connectivity index (χ0v) is 16.6. The van der Waals surface area contributed by atoms with E-state index in [9.17, 15) is 13.2 Å². The maximum Gasteiger partial charge on any atom is 0.250 e. The number of thioether (sulfide) groups is 1. The molecule has 2 atom stereocenters. The largest absolute Gasteiger partial charge is 0.315 e. The number of para-hydroxylation sites is 1. The van der Waals surface area contributed by atoms with E-state index in [1.165, 1.54) is 11.8 Å². The van der Waals surface area contributed by atoms with Crippen molar-refractivity contribution in [2.75, 3.05) is 16.4 Å². The topological polar surface area (TPSA) is 66.8 Å². The quantitative estimate of drug-likeness (QED) is 0.806. The van der Waals surface area contributed by atoms with Crippen LogP contribution in [-0.4, -0.2) is 42.3 Å². The third-order valence-corrected chi connectivity index (χ3v) is 7.79. The number of amides is 1. The molecule has 2 aliphatic rings. The summed E-state index contributed by atoms with van der Waals surface area (Å²) in [5.41, 5.74) is 2.10. The number of carbonyl (C=O) groups excluding carboxylic acids is 1. The summed E-state index contributed by atoms with van der Waals surface area (Å²) in [6, 6.07) is 7.83. The Kier molecular flexibility index (Phi) is 4.99. The Morgan fingerprint density at radius 2 is 1.88 bits per heavy atom. The summed E-state index contributed by atoms with van der Waals surface area (Å²) in [5.74, 6) is 0.209. The highest BCUT2D eigenvalue weighted by Gasteiger charge is 2.49. The molecular formula is C18H24N2O3S2. The summed E-state index contributed by atoms with van der Waals surface area (Å²) in [5, 5.41) is 0.570. The van der Waals surface area contributed by atoms with Crippen molar-refractivity contribution in [2.24, 2.45) is 10.9 Å². The summed E-state index contributed by atoms with van der Waals surface area (Å²) in [4.78, 5) is 18.5. The first-order valence-corrected chi connectivity index (χ1v) is 11.3. The predicted molar refractivity (Wildman–Crippen MR) is 104 cm³/mol. The van der Waals surface area contributed by atoms with Gasteiger partial charge in [0.15, 0.2) is 15.0 Å². The lowest BCUT2D eigenvalue weighted by Crippen LogP contribution is -2.38. The van der Waals surface area contributed by atoms with Crippen molar-refractivity contribution >= 4 is 38.4 Å². The Labute approximate surface area is 153 Å². The van der Waals surface area contributed by atoms with E-state index in [0.29, 0.717) is 11.1 Å². The summed E-state index contributed by atoms with van der Waals surface area (Å²) >= 11 is 1.43. The van der Waals surface area contributed by atoms with Gasteiger partial charge in [-0.15, -0.1) is 0 Å². The fourth-order valence-corrected chi connectivity index (χ4v) is 7.18. The number of fused-ring (bicyclic) bond motifs is 1. The average molecular weight is 381 g/mol. The van der Waals surface area contributed by atoms with Crippen molar-refractivity contribution in [3.63, 3.8) is 0 Å². The van der Waals surface area contributed by atoms with Gasteiger partial charge in [-0.05, 0) is 17.5 Å². The van der Waals surface area contributed by atoms with E-state index in [0.717, 1.165) is 11.3 Å². The summed E-state index contributed by atoms with van der Waals surface area (Å²) in [6.45, 7) is 7.87. The van der Waals surface area contributed by atoms with Crippen molar-refractivity contribution in [1.82, 2.24) is 0 Å². The maximum absolute atomic E-state index is 12.2. The summed E-state index contributed by atoms with van der Waals surface area (Å²) < 4.78 is 24.3. The zero-order chi connectivity index (χ0) is 18.4. The molecule has 1 amide bonds. The van der Waals surface area contributed by atoms with Gasteiger partial charge < -0.3 is 4.90 Å². The summed E-state index contributed by atoms with van der Waals surface area (Å²) in [6.07, 6.45) is 0. The predicted octanol–water partition coefficient (Wildman–Crippen LogP) is 3.07. The molecule has 7 heteroatoms. The zero-order valence-electron chi connectivity index (χ0n) is 15.0. The third kappa shape index (κ3) is 3.62. The van der Waals surface area contributed by atoms with Crippen LogP contribution in [0.1, 0.15) is 39.2 Å². The Balaban J connectivity index is 2.09. The molecule has 5 nitrogen and oxygen atoms in total. The number of aliphatic imine (C=N–C) groups is 1. The molecule has 1 aromatic carbocycles. The lowest BCUT2D eigenvalue weighted by molar-refractivity contribution is -0.120. The van der Waals surface area contributed by atoms with Gasteiger partial charge in [-0.1, -0.05) is 57.7 Å². The molecule has 2 unspecified atom stereocenters. The highest BCUT2D eigenvalue weighted by molar-refractivity contribution is 8.16. The van der Waals surface area contributed by atoms with Crippen LogP contribution in [-0.2, 0) is 14.6 Å². The number of carbonyl (C=O) groups is 1. The number of amidine groups is 1. The maximum atomic E-state index is 12.2. The van der Waals surface area contributed by atoms with Crippen molar-refractivity contribution in [2.45, 2.75) is 44.9 Å². The molecule has 0 bridgehead atoms. The normalized spacial score (nSPS) is 26.6. The van der Waals surface area contributed by atoms with Gasteiger partial charge >= 0.3 is 0 Å². The van der Waals surface area contributed by atoms with Crippen LogP contribution in [0.5, 0.6) is 0 Å². The minimum absolute atomic E-state index is 0.0658. The lowest BCUT2D eigenvalue weighted by Gasteiger charge is -2.28. The number of rotatable bonds is 3. The fourth-order valence-electron chi connectivity index (χ4n) is 3.26. The van der Waals surface area contributed by atoms with Crippen molar-refractivity contribution < 1.29 is 13.2 Å². The van der Waals surface area contributed by atoms with E-state index < -0.39 is 9.84 Å². The second-order valence-corrected chi connectivity index (χ2v) is 10.6. The van der Waals surface area contributed by atoms with Crippen LogP contribution in [0.25, 0.3) is 0 Å². The first-order chi connectivity index (χ1) is 11.7. The van der Waals surface area contributed by atoms with Crippen LogP contribution in [0.2, 0.25) is 0 Å². The second-order valence-electron chi connectivity index (χ2n) is 7.27. The van der Waals surface area contributed by atoms with Gasteiger partial charge in [-0.25, -0.2) is 8.42 Å². The molecule has 0 aliphatic carbocycles. The van der Waals surface area contributed by atoms with Crippen molar-refractivity contribution in [1.29, 1.82) is 0 Å². The van der Waals surface area contributed by atoms with Crippen LogP contribution in [0.15, 0.2) is 29.3 Å². The third-order valence-electron chi connectivity index (χ3n) is 4.58. The number of sulfone groups is 1. The van der Waals surface area contributed by atoms with Crippen LogP contribution >= 0.6 is 11.8 Å². The van der Waals surface area contributed by atoms with E-state index in [1.54, 1.807) is 0 Å². The Bertz CT molecular complexity index is 815. The van der Waals surface area contributed by atoms with Gasteiger partial charge in [0.05, 0.1) is 17.5 Å². The molecule has 0 saturated carbocycles. The minimum atomic E-state index is -3.05. The smallest absolute Gasteiger partial charge is 0.250 e. The first-order valence-electron chi connectivity index (χ1n) is 8.57. The molecule has 2 fully saturated rings. The molecule has 0 spiro atoms. The molecule has 2 aliphatic heterocycles. The number of benzene rings is 1. The molecule has 3 rings (SSSR count). The van der Waals surface area contributed by atoms with Crippen LogP contribution < -0.4 is 4.90 Å². The number of hydrogen-bond acceptors (Lipinski definition) is 4. The van der Waals surface area contributed by atoms with E-state index in [1.807, 2.05) is 36.9 Å². The van der Waals surface area contributed by atoms with E-state index in [2.05, 4.69) is 24.9 Å². The van der Waals surface area contributed by atoms with Gasteiger partial charge in [0.25, 0.3) is 5.91 Å². The van der Waals surface area contributed by atoms with Gasteiger partial charge in [-0.3, -0.25) is 4.79 Å². The number of nitrogens with zero attached hydrogens (tertiary/aromatic N) is 2. The van der Waals surface area contributed by atoms with Crippen molar-refractivity contribution in [3.05, 3.63) is 29.8 Å². The Morgan fingerprint density at radius 1 is 1.20 bits per heavy atom. The highest BCUT2D eigenvalue weighted by Crippen LogP contribution is 2.43. The van der Waals surface area contributed by atoms with Gasteiger partial charge in [-0.2, -0.15) is 4.99 Å². The SMILES string of the molecule is CC(C)C(=O)N=C1SC2CS(=O)(=O)CC2N1c1ccccc1C(C)C. The number of hydrogen-bond donors (Lipinski definition) is 0. The monoisotopic (exact) mass is 380 g/mol. The Hall–Kier alpha value is -1.34. The first kappa shape index (κ1) is 18.5. The van der Waals surface area contributed by atoms with Crippen LogP contribution in [0.4, 0.5) is 5.69 Å². The van der Waals surface area contributed by atoms with Crippen LogP contribution in [0.3, 0.4) is 0 Å². The number of anilines is 1. The van der Waals surface area contributed by atoms with Crippen LogP contribution in [0, 0.1) is 5.92 Å².